The van der Waals surface area contributed by atoms with Crippen LogP contribution >= 0.6 is 11.6 Å². The summed E-state index contributed by atoms with van der Waals surface area (Å²) in [4.78, 5) is 0. The molecule has 0 spiro atoms. The van der Waals surface area contributed by atoms with Crippen LogP contribution in [0.2, 0.25) is 5.02 Å². The van der Waals surface area contributed by atoms with E-state index in [0.29, 0.717) is 0 Å². The van der Waals surface area contributed by atoms with Gasteiger partial charge in [-0.2, -0.15) is 0 Å². The molecule has 2 atom stereocenters. The second kappa shape index (κ2) is 3.69. The smallest absolute Gasteiger partial charge is 0.0408 e. The lowest BCUT2D eigenvalue weighted by Crippen LogP contribution is -2.10. The van der Waals surface area contributed by atoms with Crippen LogP contribution in [0.25, 0.3) is 0 Å². The lowest BCUT2D eigenvalue weighted by molar-refractivity contribution is 0.698. The highest BCUT2D eigenvalue weighted by molar-refractivity contribution is 6.30. The monoisotopic (exact) mass is 195 g/mol. The lowest BCUT2D eigenvalue weighted by atomic mass is 10.1. The van der Waals surface area contributed by atoms with E-state index in [9.17, 15) is 0 Å². The maximum Gasteiger partial charge on any atom is 0.0408 e. The minimum atomic E-state index is 0.742. The maximum atomic E-state index is 5.93. The molecule has 2 unspecified atom stereocenters. The van der Waals surface area contributed by atoms with Crippen LogP contribution in [0.3, 0.4) is 0 Å². The van der Waals surface area contributed by atoms with Crippen LogP contribution in [0.5, 0.6) is 0 Å². The van der Waals surface area contributed by atoms with E-state index in [-0.39, 0.29) is 0 Å². The first-order valence-electron chi connectivity index (χ1n) is 4.71. The Balaban J connectivity index is 2.03. The van der Waals surface area contributed by atoms with Gasteiger partial charge in [-0.3, -0.25) is 0 Å². The molecular formula is C11H14ClN. The summed E-state index contributed by atoms with van der Waals surface area (Å²) in [7, 11) is 2.01. The summed E-state index contributed by atoms with van der Waals surface area (Å²) < 4.78 is 0. The molecule has 1 nitrogen and oxygen atoms in total. The van der Waals surface area contributed by atoms with E-state index in [0.717, 1.165) is 23.4 Å². The fourth-order valence-corrected chi connectivity index (χ4v) is 2.08. The fourth-order valence-electron chi connectivity index (χ4n) is 1.88. The zero-order chi connectivity index (χ0) is 9.26. The Hall–Kier alpha value is -0.530. The summed E-state index contributed by atoms with van der Waals surface area (Å²) in [5, 5.41) is 4.07. The average molecular weight is 196 g/mol. The zero-order valence-electron chi connectivity index (χ0n) is 7.76. The van der Waals surface area contributed by atoms with Gasteiger partial charge in [-0.25, -0.2) is 0 Å². The lowest BCUT2D eigenvalue weighted by Gasteiger charge is -2.00. The van der Waals surface area contributed by atoms with Gasteiger partial charge in [0.05, 0.1) is 0 Å². The SMILES string of the molecule is CNCC1CC1c1cccc(Cl)c1. The molecule has 1 aliphatic rings. The topological polar surface area (TPSA) is 12.0 Å². The van der Waals surface area contributed by atoms with Gasteiger partial charge in [0.2, 0.25) is 0 Å². The van der Waals surface area contributed by atoms with Gasteiger partial charge in [-0.05, 0) is 49.5 Å². The number of halogens is 1. The van der Waals surface area contributed by atoms with Crippen LogP contribution in [0.1, 0.15) is 17.9 Å². The van der Waals surface area contributed by atoms with Gasteiger partial charge < -0.3 is 5.32 Å². The van der Waals surface area contributed by atoms with Crippen molar-refractivity contribution in [3.8, 4) is 0 Å². The van der Waals surface area contributed by atoms with Crippen LogP contribution in [0.4, 0.5) is 0 Å². The Morgan fingerprint density at radius 3 is 3.08 bits per heavy atom. The third kappa shape index (κ3) is 2.04. The van der Waals surface area contributed by atoms with Crippen molar-refractivity contribution in [1.29, 1.82) is 0 Å². The molecule has 1 saturated carbocycles. The Labute approximate surface area is 84.1 Å². The summed E-state index contributed by atoms with van der Waals surface area (Å²) >= 11 is 5.93. The predicted octanol–water partition coefficient (Wildman–Crippen LogP) is 2.66. The highest BCUT2D eigenvalue weighted by atomic mass is 35.5. The Bertz CT molecular complexity index is 298. The highest BCUT2D eigenvalue weighted by Crippen LogP contribution is 2.47. The molecule has 0 saturated heterocycles. The van der Waals surface area contributed by atoms with Crippen LogP contribution in [0, 0.1) is 5.92 Å². The molecule has 1 aliphatic carbocycles. The largest absolute Gasteiger partial charge is 0.319 e. The number of hydrogen-bond acceptors (Lipinski definition) is 1. The van der Waals surface area contributed by atoms with Gasteiger partial charge >= 0.3 is 0 Å². The number of rotatable bonds is 3. The van der Waals surface area contributed by atoms with Crippen molar-refractivity contribution in [2.75, 3.05) is 13.6 Å². The molecule has 1 N–H and O–H groups in total. The van der Waals surface area contributed by atoms with E-state index >= 15 is 0 Å². The highest BCUT2D eigenvalue weighted by Gasteiger charge is 2.37. The molecule has 1 aromatic carbocycles. The molecular weight excluding hydrogens is 182 g/mol. The van der Waals surface area contributed by atoms with Crippen molar-refractivity contribution in [2.45, 2.75) is 12.3 Å². The van der Waals surface area contributed by atoms with Gasteiger partial charge in [-0.1, -0.05) is 23.7 Å². The number of nitrogens with one attached hydrogen (secondary N) is 1. The molecule has 13 heavy (non-hydrogen) atoms. The number of hydrogen-bond donors (Lipinski definition) is 1. The first-order valence-corrected chi connectivity index (χ1v) is 5.09. The van der Waals surface area contributed by atoms with Crippen molar-refractivity contribution < 1.29 is 0 Å². The van der Waals surface area contributed by atoms with E-state index in [1.165, 1.54) is 12.0 Å². The molecule has 2 heteroatoms. The molecule has 0 aliphatic heterocycles. The first kappa shape index (κ1) is 9.04. The molecule has 70 valence electrons. The molecule has 0 heterocycles. The van der Waals surface area contributed by atoms with E-state index in [4.69, 9.17) is 11.6 Å². The van der Waals surface area contributed by atoms with E-state index in [2.05, 4.69) is 17.4 Å². The summed E-state index contributed by atoms with van der Waals surface area (Å²) in [5.41, 5.74) is 1.40. The van der Waals surface area contributed by atoms with Gasteiger partial charge in [0, 0.05) is 5.02 Å². The summed E-state index contributed by atoms with van der Waals surface area (Å²) in [6, 6.07) is 8.22. The minimum Gasteiger partial charge on any atom is -0.319 e. The fraction of sp³-hybridized carbons (Fsp3) is 0.455. The third-order valence-corrected chi connectivity index (χ3v) is 2.90. The minimum absolute atomic E-state index is 0.742. The molecule has 1 fully saturated rings. The quantitative estimate of drug-likeness (QED) is 0.782. The summed E-state index contributed by atoms with van der Waals surface area (Å²) in [5.74, 6) is 1.56. The van der Waals surface area contributed by atoms with Gasteiger partial charge in [0.1, 0.15) is 0 Å². The van der Waals surface area contributed by atoms with Crippen molar-refractivity contribution in [2.24, 2.45) is 5.92 Å². The van der Waals surface area contributed by atoms with Crippen molar-refractivity contribution in [3.05, 3.63) is 34.9 Å². The Morgan fingerprint density at radius 2 is 2.38 bits per heavy atom. The first-order chi connectivity index (χ1) is 6.31. The Morgan fingerprint density at radius 1 is 1.54 bits per heavy atom. The molecule has 0 bridgehead atoms. The van der Waals surface area contributed by atoms with Gasteiger partial charge in [-0.15, -0.1) is 0 Å². The second-order valence-corrected chi connectivity index (χ2v) is 4.15. The zero-order valence-corrected chi connectivity index (χ0v) is 8.51. The summed E-state index contributed by atoms with van der Waals surface area (Å²) in [6.45, 7) is 1.12. The van der Waals surface area contributed by atoms with Crippen molar-refractivity contribution in [1.82, 2.24) is 5.32 Å². The van der Waals surface area contributed by atoms with Crippen LogP contribution in [0.15, 0.2) is 24.3 Å². The number of benzene rings is 1. The van der Waals surface area contributed by atoms with Crippen LogP contribution < -0.4 is 5.32 Å². The van der Waals surface area contributed by atoms with Crippen LogP contribution in [-0.2, 0) is 0 Å². The van der Waals surface area contributed by atoms with Gasteiger partial charge in [0.25, 0.3) is 0 Å². The molecule has 0 aromatic heterocycles. The van der Waals surface area contributed by atoms with Crippen molar-refractivity contribution >= 4 is 11.6 Å². The third-order valence-electron chi connectivity index (χ3n) is 2.67. The van der Waals surface area contributed by atoms with Gasteiger partial charge in [0.15, 0.2) is 0 Å². The molecule has 0 amide bonds. The standard InChI is InChI=1S/C11H14ClN/c1-13-7-9-6-11(9)8-3-2-4-10(12)5-8/h2-5,9,11,13H,6-7H2,1H3. The predicted molar refractivity (Wildman–Crippen MR) is 56.2 cm³/mol. The molecule has 2 rings (SSSR count). The second-order valence-electron chi connectivity index (χ2n) is 3.71. The molecule has 0 radical (unpaired) electrons. The van der Waals surface area contributed by atoms with Crippen molar-refractivity contribution in [3.63, 3.8) is 0 Å². The average Bonchev–Trinajstić information content (AvgIpc) is 2.85. The summed E-state index contributed by atoms with van der Waals surface area (Å²) in [6.07, 6.45) is 1.31. The van der Waals surface area contributed by atoms with E-state index < -0.39 is 0 Å². The van der Waals surface area contributed by atoms with E-state index in [1.54, 1.807) is 0 Å². The van der Waals surface area contributed by atoms with Crippen LogP contribution in [-0.4, -0.2) is 13.6 Å². The maximum absolute atomic E-state index is 5.93. The normalized spacial score (nSPS) is 26.0. The molecule has 1 aromatic rings. The van der Waals surface area contributed by atoms with E-state index in [1.807, 2.05) is 19.2 Å². The Kier molecular flexibility index (Phi) is 2.56.